The zero-order chi connectivity index (χ0) is 28.8. The van der Waals surface area contributed by atoms with Crippen LogP contribution in [0, 0.1) is 18.8 Å². The predicted molar refractivity (Wildman–Crippen MR) is 182 cm³/mol. The summed E-state index contributed by atoms with van der Waals surface area (Å²) < 4.78 is 13.2. The maximum Gasteiger partial charge on any atom is 0.139 e. The molecule has 0 N–H and O–H groups in total. The molecule has 43 heavy (non-hydrogen) atoms. The van der Waals surface area contributed by atoms with E-state index in [0.29, 0.717) is 0 Å². The van der Waals surface area contributed by atoms with Crippen LogP contribution in [0.3, 0.4) is 0 Å². The Labute approximate surface area is 251 Å². The van der Waals surface area contributed by atoms with Crippen LogP contribution in [0.4, 0.5) is 11.4 Å². The van der Waals surface area contributed by atoms with E-state index in [1.807, 2.05) is 0 Å². The van der Waals surface area contributed by atoms with Crippen molar-refractivity contribution in [3.05, 3.63) is 72.3 Å². The Bertz CT molecular complexity index is 2160. The Balaban J connectivity index is 1.15. The molecule has 0 aliphatic carbocycles. The standard InChI is InChI=1S/C39H38N2O2/c1-23-8-12-40(13-9-23)30-6-4-26-18-32-33-22-37-38(25(3)39(33)43-35(32)20-28(26)16-30)34-19-27-5-7-31(17-29(27)21-36(34)42-37)41-14-10-24(2)11-15-41/h4-7,16-24H,8-15H2,1-3H3. The van der Waals surface area contributed by atoms with E-state index in [1.54, 1.807) is 0 Å². The van der Waals surface area contributed by atoms with Crippen molar-refractivity contribution in [1.82, 2.24) is 0 Å². The number of benzene rings is 5. The average Bonchev–Trinajstić information content (AvgIpc) is 3.56. The summed E-state index contributed by atoms with van der Waals surface area (Å²) in [5.74, 6) is 1.65. The van der Waals surface area contributed by atoms with Gasteiger partial charge in [0.2, 0.25) is 0 Å². The van der Waals surface area contributed by atoms with Crippen molar-refractivity contribution in [2.75, 3.05) is 36.0 Å². The molecule has 0 unspecified atom stereocenters. The first kappa shape index (κ1) is 25.3. The third-order valence-corrected chi connectivity index (χ3v) is 10.6. The van der Waals surface area contributed by atoms with Crippen molar-refractivity contribution in [3.63, 3.8) is 0 Å². The lowest BCUT2D eigenvalue weighted by Crippen LogP contribution is -2.32. The van der Waals surface area contributed by atoms with Crippen molar-refractivity contribution >= 4 is 76.8 Å². The number of fused-ring (bicyclic) bond motifs is 8. The lowest BCUT2D eigenvalue weighted by molar-refractivity contribution is 0.438. The molecular weight excluding hydrogens is 528 g/mol. The molecule has 0 radical (unpaired) electrons. The van der Waals surface area contributed by atoms with E-state index < -0.39 is 0 Å². The molecule has 4 nitrogen and oxygen atoms in total. The highest BCUT2D eigenvalue weighted by Crippen LogP contribution is 2.42. The number of aryl methyl sites for hydroxylation is 1. The second kappa shape index (κ2) is 9.41. The van der Waals surface area contributed by atoms with Crippen molar-refractivity contribution in [2.45, 2.75) is 46.5 Å². The van der Waals surface area contributed by atoms with E-state index in [1.165, 1.54) is 58.6 Å². The first-order valence-corrected chi connectivity index (χ1v) is 16.2. The zero-order valence-corrected chi connectivity index (χ0v) is 25.4. The Kier molecular flexibility index (Phi) is 5.54. The molecule has 0 atom stereocenters. The fraction of sp³-hybridized carbons (Fsp3) is 0.333. The van der Waals surface area contributed by atoms with Crippen LogP contribution in [0.2, 0.25) is 0 Å². The minimum absolute atomic E-state index is 0.827. The maximum atomic E-state index is 6.63. The summed E-state index contributed by atoms with van der Waals surface area (Å²) >= 11 is 0. The minimum Gasteiger partial charge on any atom is -0.456 e. The maximum absolute atomic E-state index is 6.63. The Hall–Kier alpha value is -4.18. The molecule has 216 valence electrons. The molecule has 2 fully saturated rings. The number of anilines is 2. The highest BCUT2D eigenvalue weighted by Gasteiger charge is 2.21. The molecule has 4 heterocycles. The van der Waals surface area contributed by atoms with E-state index in [-0.39, 0.29) is 0 Å². The molecule has 0 amide bonds. The number of piperidine rings is 2. The van der Waals surface area contributed by atoms with E-state index in [2.05, 4.69) is 97.3 Å². The summed E-state index contributed by atoms with van der Waals surface area (Å²) in [5, 5.41) is 9.56. The molecule has 0 bridgehead atoms. The van der Waals surface area contributed by atoms with Gasteiger partial charge in [-0.25, -0.2) is 0 Å². The topological polar surface area (TPSA) is 32.8 Å². The average molecular weight is 567 g/mol. The largest absolute Gasteiger partial charge is 0.456 e. The monoisotopic (exact) mass is 566 g/mol. The predicted octanol–water partition coefficient (Wildman–Crippen LogP) is 10.6. The lowest BCUT2D eigenvalue weighted by Gasteiger charge is -2.32. The molecule has 2 saturated heterocycles. The van der Waals surface area contributed by atoms with Gasteiger partial charge >= 0.3 is 0 Å². The summed E-state index contributed by atoms with van der Waals surface area (Å²) in [6, 6.07) is 25.1. The van der Waals surface area contributed by atoms with Gasteiger partial charge in [0.05, 0.1) is 0 Å². The summed E-state index contributed by atoms with van der Waals surface area (Å²) in [6.45, 7) is 11.5. The minimum atomic E-state index is 0.827. The van der Waals surface area contributed by atoms with Gasteiger partial charge in [0, 0.05) is 64.7 Å². The quantitative estimate of drug-likeness (QED) is 0.208. The van der Waals surface area contributed by atoms with Crippen LogP contribution in [0.25, 0.3) is 65.4 Å². The summed E-state index contributed by atoms with van der Waals surface area (Å²) in [4.78, 5) is 5.06. The third-order valence-electron chi connectivity index (χ3n) is 10.6. The van der Waals surface area contributed by atoms with Crippen LogP contribution >= 0.6 is 0 Å². The number of hydrogen-bond donors (Lipinski definition) is 0. The van der Waals surface area contributed by atoms with Gasteiger partial charge in [-0.1, -0.05) is 26.0 Å². The highest BCUT2D eigenvalue weighted by atomic mass is 16.3. The van der Waals surface area contributed by atoms with E-state index >= 15 is 0 Å². The highest BCUT2D eigenvalue weighted by molar-refractivity contribution is 6.20. The lowest BCUT2D eigenvalue weighted by atomic mass is 9.97. The summed E-state index contributed by atoms with van der Waals surface area (Å²) in [7, 11) is 0. The van der Waals surface area contributed by atoms with E-state index in [9.17, 15) is 0 Å². The first-order chi connectivity index (χ1) is 21.0. The second-order valence-corrected chi connectivity index (χ2v) is 13.6. The van der Waals surface area contributed by atoms with Gasteiger partial charge in [0.1, 0.15) is 22.3 Å². The van der Waals surface area contributed by atoms with Gasteiger partial charge in [-0.3, -0.25) is 0 Å². The number of furan rings is 2. The van der Waals surface area contributed by atoms with Gasteiger partial charge in [-0.05, 0) is 121 Å². The number of rotatable bonds is 2. The molecular formula is C39H38N2O2. The Morgan fingerprint density at radius 1 is 0.535 bits per heavy atom. The van der Waals surface area contributed by atoms with Gasteiger partial charge in [0.25, 0.3) is 0 Å². The molecule has 2 aliphatic heterocycles. The third kappa shape index (κ3) is 4.02. The molecule has 4 heteroatoms. The van der Waals surface area contributed by atoms with Gasteiger partial charge < -0.3 is 18.6 Å². The number of hydrogen-bond acceptors (Lipinski definition) is 4. The summed E-state index contributed by atoms with van der Waals surface area (Å²) in [6.07, 6.45) is 5.07. The molecule has 0 spiro atoms. The van der Waals surface area contributed by atoms with Crippen molar-refractivity contribution < 1.29 is 8.83 Å². The van der Waals surface area contributed by atoms with Gasteiger partial charge in [-0.15, -0.1) is 0 Å². The van der Waals surface area contributed by atoms with E-state index in [4.69, 9.17) is 8.83 Å². The van der Waals surface area contributed by atoms with Crippen LogP contribution in [0.15, 0.2) is 75.6 Å². The SMILES string of the molecule is Cc1c2oc3cc4cc(N5CCC(C)CC5)ccc4cc3c2cc2oc3cc4cc(N5CCC(C)CC5)ccc4cc3c12. The molecule has 0 saturated carbocycles. The molecule has 2 aromatic heterocycles. The molecule has 7 aromatic rings. The number of nitrogens with zero attached hydrogens (tertiary/aromatic N) is 2. The van der Waals surface area contributed by atoms with E-state index in [0.717, 1.165) is 87.5 Å². The van der Waals surface area contributed by atoms with Crippen LogP contribution in [0.5, 0.6) is 0 Å². The van der Waals surface area contributed by atoms with Gasteiger partial charge in [0.15, 0.2) is 0 Å². The second-order valence-electron chi connectivity index (χ2n) is 13.6. The normalized spacial score (nSPS) is 17.6. The first-order valence-electron chi connectivity index (χ1n) is 16.2. The van der Waals surface area contributed by atoms with Crippen LogP contribution < -0.4 is 9.80 Å². The van der Waals surface area contributed by atoms with Crippen LogP contribution in [-0.2, 0) is 0 Å². The summed E-state index contributed by atoms with van der Waals surface area (Å²) in [5.41, 5.74) is 7.56. The van der Waals surface area contributed by atoms with Crippen LogP contribution in [0.1, 0.15) is 45.1 Å². The fourth-order valence-electron chi connectivity index (χ4n) is 7.77. The van der Waals surface area contributed by atoms with Crippen molar-refractivity contribution in [1.29, 1.82) is 0 Å². The molecule has 9 rings (SSSR count). The van der Waals surface area contributed by atoms with Crippen LogP contribution in [-0.4, -0.2) is 26.2 Å². The van der Waals surface area contributed by atoms with Crippen molar-refractivity contribution in [3.8, 4) is 0 Å². The molecule has 2 aliphatic rings. The smallest absolute Gasteiger partial charge is 0.139 e. The van der Waals surface area contributed by atoms with Gasteiger partial charge in [-0.2, -0.15) is 0 Å². The van der Waals surface area contributed by atoms with Crippen molar-refractivity contribution in [2.24, 2.45) is 11.8 Å². The molecule has 5 aromatic carbocycles. The zero-order valence-electron chi connectivity index (χ0n) is 25.4. The fourth-order valence-corrected chi connectivity index (χ4v) is 7.77. The Morgan fingerprint density at radius 2 is 1.07 bits per heavy atom. The Morgan fingerprint density at radius 3 is 1.65 bits per heavy atom.